The molecule has 0 aliphatic carbocycles. The van der Waals surface area contributed by atoms with Crippen LogP contribution in [-0.2, 0) is 11.3 Å². The molecular formula is C12H19BrN2O2. The van der Waals surface area contributed by atoms with E-state index < -0.39 is 0 Å². The van der Waals surface area contributed by atoms with E-state index in [9.17, 15) is 4.79 Å². The quantitative estimate of drug-likeness (QED) is 0.742. The van der Waals surface area contributed by atoms with Crippen LogP contribution in [0, 0.1) is 0 Å². The third-order valence-electron chi connectivity index (χ3n) is 2.46. The van der Waals surface area contributed by atoms with Gasteiger partial charge < -0.3 is 14.6 Å². The molecule has 17 heavy (non-hydrogen) atoms. The number of aryl methyl sites for hydroxylation is 1. The van der Waals surface area contributed by atoms with Gasteiger partial charge in [0, 0.05) is 26.4 Å². The molecule has 96 valence electrons. The molecule has 4 nitrogen and oxygen atoms in total. The van der Waals surface area contributed by atoms with Gasteiger partial charge >= 0.3 is 0 Å². The van der Waals surface area contributed by atoms with Crippen molar-refractivity contribution in [3.05, 3.63) is 33.2 Å². The van der Waals surface area contributed by atoms with Crippen LogP contribution in [0.3, 0.4) is 0 Å². The fourth-order valence-electron chi connectivity index (χ4n) is 1.52. The van der Waals surface area contributed by atoms with E-state index in [1.54, 1.807) is 17.7 Å². The Balaban J connectivity index is 2.18. The molecule has 1 N–H and O–H groups in total. The Morgan fingerprint density at radius 2 is 2.24 bits per heavy atom. The lowest BCUT2D eigenvalue weighted by atomic mass is 10.3. The molecule has 0 amide bonds. The first-order valence-corrected chi connectivity index (χ1v) is 6.59. The molecule has 0 atom stereocenters. The number of aromatic nitrogens is 1. The molecule has 0 bridgehead atoms. The van der Waals surface area contributed by atoms with Crippen LogP contribution in [0.5, 0.6) is 0 Å². The Morgan fingerprint density at radius 3 is 3.00 bits per heavy atom. The number of halogens is 1. The summed E-state index contributed by atoms with van der Waals surface area (Å²) in [7, 11) is 1.70. The van der Waals surface area contributed by atoms with E-state index in [-0.39, 0.29) is 5.56 Å². The summed E-state index contributed by atoms with van der Waals surface area (Å²) < 4.78 is 7.29. The Kier molecular flexibility index (Phi) is 7.16. The van der Waals surface area contributed by atoms with Crippen LogP contribution < -0.4 is 10.9 Å². The van der Waals surface area contributed by atoms with Crippen molar-refractivity contribution in [2.45, 2.75) is 19.4 Å². The van der Waals surface area contributed by atoms with Gasteiger partial charge in [0.2, 0.25) is 0 Å². The number of nitrogens with zero attached hydrogens (tertiary/aromatic N) is 1. The topological polar surface area (TPSA) is 43.3 Å². The van der Waals surface area contributed by atoms with E-state index in [1.165, 1.54) is 0 Å². The SMILES string of the molecule is COCCNCCCCn1cccc(Br)c1=O. The van der Waals surface area contributed by atoms with E-state index >= 15 is 0 Å². The third kappa shape index (κ3) is 5.48. The minimum absolute atomic E-state index is 0.0415. The van der Waals surface area contributed by atoms with Gasteiger partial charge in [-0.15, -0.1) is 0 Å². The number of ether oxygens (including phenoxy) is 1. The fourth-order valence-corrected chi connectivity index (χ4v) is 1.90. The second-order valence-electron chi connectivity index (χ2n) is 3.80. The summed E-state index contributed by atoms with van der Waals surface area (Å²) in [6, 6.07) is 3.65. The number of hydrogen-bond acceptors (Lipinski definition) is 3. The standard InChI is InChI=1S/C12H19BrN2O2/c1-17-10-7-14-6-2-3-8-15-9-4-5-11(13)12(15)16/h4-5,9,14H,2-3,6-8,10H2,1H3. The number of hydrogen-bond donors (Lipinski definition) is 1. The summed E-state index contributed by atoms with van der Waals surface area (Å²) in [6.45, 7) is 3.36. The van der Waals surface area contributed by atoms with Crippen LogP contribution in [0.1, 0.15) is 12.8 Å². The van der Waals surface area contributed by atoms with Crippen molar-refractivity contribution in [2.24, 2.45) is 0 Å². The van der Waals surface area contributed by atoms with Crippen molar-refractivity contribution >= 4 is 15.9 Å². The highest BCUT2D eigenvalue weighted by atomic mass is 79.9. The second kappa shape index (κ2) is 8.44. The zero-order chi connectivity index (χ0) is 12.5. The molecular weight excluding hydrogens is 284 g/mol. The van der Waals surface area contributed by atoms with Crippen LogP contribution in [0.2, 0.25) is 0 Å². The van der Waals surface area contributed by atoms with E-state index in [4.69, 9.17) is 4.74 Å². The molecule has 0 radical (unpaired) electrons. The van der Waals surface area contributed by atoms with Crippen LogP contribution in [0.25, 0.3) is 0 Å². The van der Waals surface area contributed by atoms with Gasteiger partial charge in [-0.25, -0.2) is 0 Å². The molecule has 0 saturated heterocycles. The van der Waals surface area contributed by atoms with Crippen LogP contribution in [0.15, 0.2) is 27.6 Å². The highest BCUT2D eigenvalue weighted by Gasteiger charge is 1.98. The molecule has 0 aliphatic heterocycles. The van der Waals surface area contributed by atoms with E-state index in [1.807, 2.05) is 12.3 Å². The maximum atomic E-state index is 11.7. The van der Waals surface area contributed by atoms with E-state index in [0.29, 0.717) is 4.47 Å². The molecule has 1 heterocycles. The van der Waals surface area contributed by atoms with Gasteiger partial charge in [0.1, 0.15) is 0 Å². The number of rotatable bonds is 8. The van der Waals surface area contributed by atoms with Crippen LogP contribution in [0.4, 0.5) is 0 Å². The number of methoxy groups -OCH3 is 1. The second-order valence-corrected chi connectivity index (χ2v) is 4.66. The number of pyridine rings is 1. The minimum Gasteiger partial charge on any atom is -0.383 e. The predicted molar refractivity (Wildman–Crippen MR) is 72.4 cm³/mol. The van der Waals surface area contributed by atoms with Gasteiger partial charge in [0.05, 0.1) is 11.1 Å². The maximum Gasteiger partial charge on any atom is 0.264 e. The summed E-state index contributed by atoms with van der Waals surface area (Å²) in [5.41, 5.74) is 0.0415. The highest BCUT2D eigenvalue weighted by Crippen LogP contribution is 2.01. The molecule has 0 saturated carbocycles. The average Bonchev–Trinajstić information content (AvgIpc) is 2.33. The molecule has 5 heteroatoms. The molecule has 0 aliphatic rings. The summed E-state index contributed by atoms with van der Waals surface area (Å²) in [5.74, 6) is 0. The first-order chi connectivity index (χ1) is 8.25. The lowest BCUT2D eigenvalue weighted by molar-refractivity contribution is 0.199. The largest absolute Gasteiger partial charge is 0.383 e. The molecule has 1 rings (SSSR count). The van der Waals surface area contributed by atoms with E-state index in [0.717, 1.165) is 39.1 Å². The molecule has 1 aromatic heterocycles. The number of unbranched alkanes of at least 4 members (excludes halogenated alkanes) is 1. The van der Waals surface area contributed by atoms with Crippen LogP contribution >= 0.6 is 15.9 Å². The van der Waals surface area contributed by atoms with Gasteiger partial charge in [-0.2, -0.15) is 0 Å². The van der Waals surface area contributed by atoms with Gasteiger partial charge in [-0.1, -0.05) is 0 Å². The normalized spacial score (nSPS) is 10.7. The number of nitrogens with one attached hydrogen (secondary N) is 1. The molecule has 1 aromatic rings. The summed E-state index contributed by atoms with van der Waals surface area (Å²) in [4.78, 5) is 11.7. The maximum absolute atomic E-state index is 11.7. The van der Waals surface area contributed by atoms with E-state index in [2.05, 4.69) is 21.2 Å². The smallest absolute Gasteiger partial charge is 0.264 e. The Morgan fingerprint density at radius 1 is 1.41 bits per heavy atom. The molecule has 0 fully saturated rings. The Labute approximate surface area is 110 Å². The first-order valence-electron chi connectivity index (χ1n) is 5.80. The fraction of sp³-hybridized carbons (Fsp3) is 0.583. The summed E-state index contributed by atoms with van der Waals surface area (Å²) >= 11 is 3.24. The lowest BCUT2D eigenvalue weighted by Gasteiger charge is -2.06. The van der Waals surface area contributed by atoms with Crippen molar-refractivity contribution in [1.82, 2.24) is 9.88 Å². The monoisotopic (exact) mass is 302 g/mol. The predicted octanol–water partition coefficient (Wildman–Crippen LogP) is 1.63. The van der Waals surface area contributed by atoms with Crippen molar-refractivity contribution < 1.29 is 4.74 Å². The molecule has 0 spiro atoms. The van der Waals surface area contributed by atoms with Crippen molar-refractivity contribution in [3.8, 4) is 0 Å². The minimum atomic E-state index is 0.0415. The zero-order valence-corrected chi connectivity index (χ0v) is 11.7. The molecule has 0 aromatic carbocycles. The Bertz CT molecular complexity index is 379. The Hall–Kier alpha value is -0.650. The van der Waals surface area contributed by atoms with Crippen molar-refractivity contribution in [3.63, 3.8) is 0 Å². The van der Waals surface area contributed by atoms with Crippen LogP contribution in [-0.4, -0.2) is 31.4 Å². The first kappa shape index (κ1) is 14.4. The van der Waals surface area contributed by atoms with Crippen molar-refractivity contribution in [1.29, 1.82) is 0 Å². The average molecular weight is 303 g/mol. The van der Waals surface area contributed by atoms with Gasteiger partial charge in [0.15, 0.2) is 0 Å². The zero-order valence-electron chi connectivity index (χ0n) is 10.1. The third-order valence-corrected chi connectivity index (χ3v) is 3.06. The summed E-state index contributed by atoms with van der Waals surface area (Å²) in [6.07, 6.45) is 3.88. The lowest BCUT2D eigenvalue weighted by Crippen LogP contribution is -2.22. The van der Waals surface area contributed by atoms with Crippen molar-refractivity contribution in [2.75, 3.05) is 26.8 Å². The summed E-state index contributed by atoms with van der Waals surface area (Å²) in [5, 5.41) is 3.28. The highest BCUT2D eigenvalue weighted by molar-refractivity contribution is 9.10. The van der Waals surface area contributed by atoms with Gasteiger partial charge in [-0.3, -0.25) is 4.79 Å². The molecule has 0 unspecified atom stereocenters. The van der Waals surface area contributed by atoms with Gasteiger partial charge in [0.25, 0.3) is 5.56 Å². The van der Waals surface area contributed by atoms with Gasteiger partial charge in [-0.05, 0) is 47.4 Å².